The van der Waals surface area contributed by atoms with E-state index in [2.05, 4.69) is 12.0 Å². The second-order valence-electron chi connectivity index (χ2n) is 7.83. The third-order valence-corrected chi connectivity index (χ3v) is 5.47. The van der Waals surface area contributed by atoms with Crippen LogP contribution in [0.2, 0.25) is 0 Å². The molecule has 9 nitrogen and oxygen atoms in total. The zero-order chi connectivity index (χ0) is 24.0. The van der Waals surface area contributed by atoms with Crippen LogP contribution in [0.1, 0.15) is 44.3 Å². The van der Waals surface area contributed by atoms with Crippen LogP contribution in [0.3, 0.4) is 0 Å². The van der Waals surface area contributed by atoms with Gasteiger partial charge in [-0.05, 0) is 31.0 Å². The summed E-state index contributed by atoms with van der Waals surface area (Å²) in [6.07, 6.45) is 1.77. The first-order valence-electron chi connectivity index (χ1n) is 11.4. The fourth-order valence-electron chi connectivity index (χ4n) is 3.88. The summed E-state index contributed by atoms with van der Waals surface area (Å²) in [6, 6.07) is 7.24. The molecule has 2 heterocycles. The van der Waals surface area contributed by atoms with Crippen LogP contribution in [0.25, 0.3) is 11.0 Å². The van der Waals surface area contributed by atoms with Crippen LogP contribution in [0.4, 0.5) is 0 Å². The zero-order valence-corrected chi connectivity index (χ0v) is 19.7. The fourth-order valence-corrected chi connectivity index (χ4v) is 3.88. The van der Waals surface area contributed by atoms with Gasteiger partial charge in [-0.1, -0.05) is 32.4 Å². The summed E-state index contributed by atoms with van der Waals surface area (Å²) in [6.45, 7) is 6.84. The van der Waals surface area contributed by atoms with Crippen molar-refractivity contribution >= 4 is 35.9 Å². The predicted octanol–water partition coefficient (Wildman–Crippen LogP) is 2.11. The number of nitrogens with zero attached hydrogens (tertiary/aromatic N) is 4. The zero-order valence-electron chi connectivity index (χ0n) is 19.7. The van der Waals surface area contributed by atoms with Gasteiger partial charge < -0.3 is 14.6 Å². The summed E-state index contributed by atoms with van der Waals surface area (Å²) in [5, 5.41) is 13.7. The Hall–Kier alpha value is -2.60. The van der Waals surface area contributed by atoms with Crippen molar-refractivity contribution in [2.24, 2.45) is 7.05 Å². The van der Waals surface area contributed by atoms with Crippen molar-refractivity contribution in [1.82, 2.24) is 19.3 Å². The van der Waals surface area contributed by atoms with Gasteiger partial charge in [0.25, 0.3) is 5.56 Å². The van der Waals surface area contributed by atoms with Crippen molar-refractivity contribution in [1.29, 1.82) is 0 Å². The van der Waals surface area contributed by atoms with Gasteiger partial charge in [0, 0.05) is 26.5 Å². The minimum atomic E-state index is -0.977. The molecule has 2 aromatic heterocycles. The van der Waals surface area contributed by atoms with E-state index < -0.39 is 12.1 Å². The Balaban J connectivity index is 0.00000408. The number of hydrogen-bond acceptors (Lipinski definition) is 6. The van der Waals surface area contributed by atoms with Crippen molar-refractivity contribution in [3.8, 4) is 5.75 Å². The molecular weight excluding hydrogens is 431 g/mol. The summed E-state index contributed by atoms with van der Waals surface area (Å²) in [5.41, 5.74) is 2.81. The average molecular weight is 464 g/mol. The van der Waals surface area contributed by atoms with Crippen molar-refractivity contribution < 1.29 is 19.4 Å². The molecule has 0 fully saturated rings. The molecule has 3 aromatic rings. The predicted molar refractivity (Wildman–Crippen MR) is 132 cm³/mol. The molecule has 180 valence electrons. The standard InChI is InChI=1S/C24H32N4O5.Li.H/c1-5-8-18-21-22(27(4)26-18)23(29)28(20(6-2)25-21)13-14-33-17-11-9-16(10-12-17)15-19(24(30)31)32-7-3;;/h9-12,19H,5-8,13-15H2,1-4H3,(H,30,31);;. The normalized spacial score (nSPS) is 11.9. The number of aliphatic carboxylic acids is 1. The SMILES string of the molecule is CCCc1nn(C)c2c(=O)n(CCOc3ccc(CC(OCC)C(=O)O)cc3)c(CC)nc12.[LiH]. The van der Waals surface area contributed by atoms with Crippen LogP contribution in [0, 0.1) is 0 Å². The molecule has 0 bridgehead atoms. The molecule has 0 saturated carbocycles. The monoisotopic (exact) mass is 464 g/mol. The number of hydrogen-bond donors (Lipinski definition) is 1. The van der Waals surface area contributed by atoms with Gasteiger partial charge in [-0.3, -0.25) is 14.0 Å². The third kappa shape index (κ3) is 6.29. The van der Waals surface area contributed by atoms with E-state index in [0.29, 0.717) is 48.8 Å². The number of fused-ring (bicyclic) bond motifs is 1. The molecule has 34 heavy (non-hydrogen) atoms. The van der Waals surface area contributed by atoms with E-state index in [1.54, 1.807) is 35.4 Å². The van der Waals surface area contributed by atoms with Crippen LogP contribution in [-0.2, 0) is 42.4 Å². The van der Waals surface area contributed by atoms with Crippen LogP contribution < -0.4 is 10.3 Å². The molecule has 1 unspecified atom stereocenters. The number of aromatic nitrogens is 4. The minimum absolute atomic E-state index is 0. The van der Waals surface area contributed by atoms with E-state index in [0.717, 1.165) is 24.1 Å². The molecule has 0 aliphatic carbocycles. The van der Waals surface area contributed by atoms with Crippen LogP contribution >= 0.6 is 0 Å². The summed E-state index contributed by atoms with van der Waals surface area (Å²) < 4.78 is 14.4. The molecule has 10 heteroatoms. The topological polar surface area (TPSA) is 108 Å². The molecule has 1 N–H and O–H groups in total. The molecule has 0 aliphatic rings. The molecular formula is C24H33LiN4O5. The molecule has 0 radical (unpaired) electrons. The van der Waals surface area contributed by atoms with E-state index in [1.807, 2.05) is 19.1 Å². The first-order chi connectivity index (χ1) is 15.9. The number of carboxylic acid groups (broad SMARTS) is 1. The molecule has 0 spiro atoms. The Morgan fingerprint density at radius 1 is 1.18 bits per heavy atom. The summed E-state index contributed by atoms with van der Waals surface area (Å²) in [5.74, 6) is 0.385. The van der Waals surface area contributed by atoms with E-state index in [9.17, 15) is 14.7 Å². The molecule has 1 atom stereocenters. The Morgan fingerprint density at radius 3 is 2.47 bits per heavy atom. The van der Waals surface area contributed by atoms with Crippen molar-refractivity contribution in [3.05, 3.63) is 51.7 Å². The van der Waals surface area contributed by atoms with E-state index >= 15 is 0 Å². The van der Waals surface area contributed by atoms with Gasteiger partial charge in [-0.2, -0.15) is 5.10 Å². The van der Waals surface area contributed by atoms with Crippen molar-refractivity contribution in [2.45, 2.75) is 59.1 Å². The fraction of sp³-hybridized carbons (Fsp3) is 0.500. The Kier molecular flexibility index (Phi) is 10.4. The van der Waals surface area contributed by atoms with Crippen LogP contribution in [-0.4, -0.2) is 68.6 Å². The Labute approximate surface area is 211 Å². The number of rotatable bonds is 12. The van der Waals surface area contributed by atoms with Gasteiger partial charge in [-0.15, -0.1) is 0 Å². The summed E-state index contributed by atoms with van der Waals surface area (Å²) >= 11 is 0. The molecule has 1 aromatic carbocycles. The molecule has 0 amide bonds. The van der Waals surface area contributed by atoms with E-state index in [1.165, 1.54) is 0 Å². The second-order valence-corrected chi connectivity index (χ2v) is 7.83. The van der Waals surface area contributed by atoms with Crippen molar-refractivity contribution in [2.75, 3.05) is 13.2 Å². The maximum absolute atomic E-state index is 13.2. The number of benzene rings is 1. The molecule has 0 saturated heterocycles. The van der Waals surface area contributed by atoms with E-state index in [-0.39, 0.29) is 30.8 Å². The quantitative estimate of drug-likeness (QED) is 0.409. The number of ether oxygens (including phenoxy) is 2. The van der Waals surface area contributed by atoms with E-state index in [4.69, 9.17) is 14.5 Å². The number of aryl methyl sites for hydroxylation is 3. The van der Waals surface area contributed by atoms with Crippen LogP contribution in [0.5, 0.6) is 5.75 Å². The van der Waals surface area contributed by atoms with Gasteiger partial charge >= 0.3 is 24.8 Å². The first kappa shape index (κ1) is 27.6. The third-order valence-electron chi connectivity index (χ3n) is 5.47. The molecule has 3 rings (SSSR count). The Bertz CT molecular complexity index is 1160. The number of carboxylic acids is 1. The Morgan fingerprint density at radius 2 is 1.88 bits per heavy atom. The van der Waals surface area contributed by atoms with Crippen LogP contribution in [0.15, 0.2) is 29.1 Å². The van der Waals surface area contributed by atoms with Gasteiger partial charge in [0.1, 0.15) is 23.7 Å². The maximum atomic E-state index is 13.2. The van der Waals surface area contributed by atoms with Gasteiger partial charge in [-0.25, -0.2) is 9.78 Å². The molecule has 0 aliphatic heterocycles. The summed E-state index contributed by atoms with van der Waals surface area (Å²) in [4.78, 5) is 29.2. The average Bonchev–Trinajstić information content (AvgIpc) is 3.11. The van der Waals surface area contributed by atoms with Crippen molar-refractivity contribution in [3.63, 3.8) is 0 Å². The van der Waals surface area contributed by atoms with Gasteiger partial charge in [0.05, 0.1) is 12.2 Å². The first-order valence-corrected chi connectivity index (χ1v) is 11.4. The second kappa shape index (κ2) is 12.7. The van der Waals surface area contributed by atoms with Gasteiger partial charge in [0.2, 0.25) is 0 Å². The summed E-state index contributed by atoms with van der Waals surface area (Å²) in [7, 11) is 1.78. The van der Waals surface area contributed by atoms with Gasteiger partial charge in [0.15, 0.2) is 11.6 Å². The number of carbonyl (C=O) groups is 1.